The van der Waals surface area contributed by atoms with E-state index < -0.39 is 16.5 Å². The van der Waals surface area contributed by atoms with Gasteiger partial charge in [0.05, 0.1) is 31.6 Å². The van der Waals surface area contributed by atoms with Crippen molar-refractivity contribution in [3.05, 3.63) is 51.6 Å². The molecule has 0 saturated heterocycles. The third-order valence-electron chi connectivity index (χ3n) is 3.93. The first kappa shape index (κ1) is 17.2. The number of nitro benzene ring substituents is 1. The average Bonchev–Trinajstić information content (AvgIpc) is 2.99. The Kier molecular flexibility index (Phi) is 4.44. The van der Waals surface area contributed by atoms with Crippen molar-refractivity contribution in [2.24, 2.45) is 0 Å². The molecule has 26 heavy (non-hydrogen) atoms. The van der Waals surface area contributed by atoms with E-state index in [1.165, 1.54) is 20.3 Å². The highest BCUT2D eigenvalue weighted by Crippen LogP contribution is 2.35. The Balaban J connectivity index is 1.93. The Morgan fingerprint density at radius 1 is 1.19 bits per heavy atom. The minimum absolute atomic E-state index is 0.126. The largest absolute Gasteiger partial charge is 0.493 e. The highest BCUT2D eigenvalue weighted by molar-refractivity contribution is 6.08. The number of hydrogen-bond acceptors (Lipinski definition) is 6. The van der Waals surface area contributed by atoms with E-state index >= 15 is 0 Å². The van der Waals surface area contributed by atoms with Crippen LogP contribution in [0.5, 0.6) is 11.5 Å². The molecule has 3 rings (SSSR count). The van der Waals surface area contributed by atoms with Gasteiger partial charge < -0.3 is 20.1 Å². The number of nitrogens with one attached hydrogen (secondary N) is 2. The number of benzene rings is 2. The molecule has 2 aromatic rings. The van der Waals surface area contributed by atoms with Crippen LogP contribution >= 0.6 is 0 Å². The van der Waals surface area contributed by atoms with Crippen molar-refractivity contribution in [3.8, 4) is 11.5 Å². The molecule has 0 radical (unpaired) electrons. The molecule has 0 spiro atoms. The number of methoxy groups -OCH3 is 2. The zero-order chi connectivity index (χ0) is 18.8. The van der Waals surface area contributed by atoms with Crippen LogP contribution in [0.3, 0.4) is 0 Å². The molecule has 1 aliphatic heterocycles. The summed E-state index contributed by atoms with van der Waals surface area (Å²) in [6, 6.07) is 7.31. The summed E-state index contributed by atoms with van der Waals surface area (Å²) in [6.45, 7) is 0. The molecule has 0 saturated carbocycles. The van der Waals surface area contributed by atoms with E-state index in [-0.39, 0.29) is 29.4 Å². The number of nitrogens with zero attached hydrogens (tertiary/aromatic N) is 1. The number of carbonyl (C=O) groups excluding carboxylic acids is 2. The number of amides is 2. The standard InChI is InChI=1S/C17H15N3O6/c1-25-14-7-11(13(20(23)24)8-15(14)26-2)17(22)18-10-3-4-12-9(5-10)6-16(21)19-12/h3-5,7-8H,6H2,1-2H3,(H,18,22)(H,19,21). The van der Waals surface area contributed by atoms with Gasteiger partial charge in [0.15, 0.2) is 11.5 Å². The minimum atomic E-state index is -0.671. The van der Waals surface area contributed by atoms with Crippen LogP contribution in [0.2, 0.25) is 0 Å². The quantitative estimate of drug-likeness (QED) is 0.626. The molecule has 0 unspecified atom stereocenters. The fourth-order valence-electron chi connectivity index (χ4n) is 2.71. The van der Waals surface area contributed by atoms with Crippen LogP contribution in [-0.2, 0) is 11.2 Å². The van der Waals surface area contributed by atoms with E-state index in [9.17, 15) is 19.7 Å². The summed E-state index contributed by atoms with van der Waals surface area (Å²) in [5.74, 6) is -0.446. The summed E-state index contributed by atoms with van der Waals surface area (Å²) in [5.41, 5.74) is 1.29. The van der Waals surface area contributed by atoms with Crippen LogP contribution in [-0.4, -0.2) is 31.0 Å². The van der Waals surface area contributed by atoms with E-state index in [2.05, 4.69) is 10.6 Å². The van der Waals surface area contributed by atoms with E-state index in [4.69, 9.17) is 9.47 Å². The molecule has 2 aromatic carbocycles. The summed E-state index contributed by atoms with van der Waals surface area (Å²) in [7, 11) is 2.72. The fourth-order valence-corrected chi connectivity index (χ4v) is 2.71. The van der Waals surface area contributed by atoms with Crippen LogP contribution in [0.1, 0.15) is 15.9 Å². The van der Waals surface area contributed by atoms with Crippen LogP contribution in [0, 0.1) is 10.1 Å². The molecular formula is C17H15N3O6. The molecule has 0 aromatic heterocycles. The Hall–Kier alpha value is -3.62. The van der Waals surface area contributed by atoms with Crippen molar-refractivity contribution < 1.29 is 24.0 Å². The smallest absolute Gasteiger partial charge is 0.286 e. The SMILES string of the molecule is COc1cc(C(=O)Nc2ccc3c(c2)CC(=O)N3)c([N+](=O)[O-])cc1OC. The molecule has 0 atom stereocenters. The van der Waals surface area contributed by atoms with Crippen molar-refractivity contribution in [1.82, 2.24) is 0 Å². The average molecular weight is 357 g/mol. The summed E-state index contributed by atoms with van der Waals surface area (Å²) in [4.78, 5) is 34.6. The first-order valence-corrected chi connectivity index (χ1v) is 7.57. The van der Waals surface area contributed by atoms with Crippen LogP contribution in [0.15, 0.2) is 30.3 Å². The highest BCUT2D eigenvalue weighted by Gasteiger charge is 2.25. The fraction of sp³-hybridized carbons (Fsp3) is 0.176. The lowest BCUT2D eigenvalue weighted by Gasteiger charge is -2.11. The summed E-state index contributed by atoms with van der Waals surface area (Å²) >= 11 is 0. The van der Waals surface area contributed by atoms with Crippen molar-refractivity contribution >= 4 is 28.9 Å². The monoisotopic (exact) mass is 357 g/mol. The van der Waals surface area contributed by atoms with Gasteiger partial charge in [-0.3, -0.25) is 19.7 Å². The van der Waals surface area contributed by atoms with E-state index in [1.807, 2.05) is 0 Å². The predicted molar refractivity (Wildman–Crippen MR) is 92.9 cm³/mol. The molecule has 2 amide bonds. The lowest BCUT2D eigenvalue weighted by atomic mass is 10.1. The third kappa shape index (κ3) is 3.14. The van der Waals surface area contributed by atoms with E-state index in [0.29, 0.717) is 11.4 Å². The molecule has 134 valence electrons. The third-order valence-corrected chi connectivity index (χ3v) is 3.93. The van der Waals surface area contributed by atoms with Crippen molar-refractivity contribution in [1.29, 1.82) is 0 Å². The topological polar surface area (TPSA) is 120 Å². The minimum Gasteiger partial charge on any atom is -0.493 e. The molecule has 0 fully saturated rings. The van der Waals surface area contributed by atoms with Gasteiger partial charge in [0, 0.05) is 17.4 Å². The maximum Gasteiger partial charge on any atom is 0.286 e. The molecule has 9 nitrogen and oxygen atoms in total. The first-order chi connectivity index (χ1) is 12.4. The Morgan fingerprint density at radius 3 is 2.54 bits per heavy atom. The van der Waals surface area contributed by atoms with Gasteiger partial charge in [-0.1, -0.05) is 0 Å². The molecule has 2 N–H and O–H groups in total. The molecule has 1 heterocycles. The Labute approximate surface area is 148 Å². The zero-order valence-electron chi connectivity index (χ0n) is 14.0. The lowest BCUT2D eigenvalue weighted by Crippen LogP contribution is -2.14. The molecule has 0 bridgehead atoms. The van der Waals surface area contributed by atoms with Gasteiger partial charge in [-0.05, 0) is 23.8 Å². The molecule has 9 heteroatoms. The normalized spacial score (nSPS) is 12.2. The number of fused-ring (bicyclic) bond motifs is 1. The number of anilines is 2. The summed E-state index contributed by atoms with van der Waals surface area (Å²) < 4.78 is 10.2. The molecule has 1 aliphatic rings. The Bertz CT molecular complexity index is 925. The Morgan fingerprint density at radius 2 is 1.88 bits per heavy atom. The maximum absolute atomic E-state index is 12.6. The predicted octanol–water partition coefficient (Wildman–Crippen LogP) is 2.36. The van der Waals surface area contributed by atoms with Crippen molar-refractivity contribution in [3.63, 3.8) is 0 Å². The zero-order valence-corrected chi connectivity index (χ0v) is 14.0. The maximum atomic E-state index is 12.6. The summed E-state index contributed by atoms with van der Waals surface area (Å²) in [6.07, 6.45) is 0.218. The molecular weight excluding hydrogens is 342 g/mol. The van der Waals surface area contributed by atoms with Gasteiger partial charge >= 0.3 is 0 Å². The number of ether oxygens (including phenoxy) is 2. The summed E-state index contributed by atoms with van der Waals surface area (Å²) in [5, 5.41) is 16.6. The first-order valence-electron chi connectivity index (χ1n) is 7.57. The second kappa shape index (κ2) is 6.71. The van der Waals surface area contributed by atoms with Gasteiger partial charge in [-0.2, -0.15) is 0 Å². The van der Waals surface area contributed by atoms with Gasteiger partial charge in [0.25, 0.3) is 11.6 Å². The van der Waals surface area contributed by atoms with Crippen LogP contribution < -0.4 is 20.1 Å². The van der Waals surface area contributed by atoms with Crippen molar-refractivity contribution in [2.45, 2.75) is 6.42 Å². The van der Waals surface area contributed by atoms with Gasteiger partial charge in [0.2, 0.25) is 5.91 Å². The number of nitro groups is 1. The van der Waals surface area contributed by atoms with Gasteiger partial charge in [-0.25, -0.2) is 0 Å². The van der Waals surface area contributed by atoms with Crippen LogP contribution in [0.25, 0.3) is 0 Å². The lowest BCUT2D eigenvalue weighted by molar-refractivity contribution is -0.385. The van der Waals surface area contributed by atoms with Gasteiger partial charge in [-0.15, -0.1) is 0 Å². The highest BCUT2D eigenvalue weighted by atomic mass is 16.6. The van der Waals surface area contributed by atoms with Crippen molar-refractivity contribution in [2.75, 3.05) is 24.9 Å². The second-order valence-electron chi connectivity index (χ2n) is 5.53. The number of rotatable bonds is 5. The van der Waals surface area contributed by atoms with E-state index in [1.54, 1.807) is 18.2 Å². The number of carbonyl (C=O) groups is 2. The number of hydrogen-bond donors (Lipinski definition) is 2. The molecule has 0 aliphatic carbocycles. The van der Waals surface area contributed by atoms with E-state index in [0.717, 1.165) is 11.6 Å². The second-order valence-corrected chi connectivity index (χ2v) is 5.53. The van der Waals surface area contributed by atoms with Crippen LogP contribution in [0.4, 0.5) is 17.1 Å². The van der Waals surface area contributed by atoms with Gasteiger partial charge in [0.1, 0.15) is 5.56 Å².